The number of benzene rings is 1. The molecule has 0 radical (unpaired) electrons. The molecule has 0 aliphatic carbocycles. The fourth-order valence-corrected chi connectivity index (χ4v) is 1.13. The van der Waals surface area contributed by atoms with Crippen LogP contribution >= 0.6 is 0 Å². The number of hydrogen-bond acceptors (Lipinski definition) is 5. The molecule has 76 valence electrons. The lowest BCUT2D eigenvalue weighted by Crippen LogP contribution is -1.94. The maximum atomic E-state index is 12.8. The summed E-state index contributed by atoms with van der Waals surface area (Å²) in [6.45, 7) is 0. The van der Waals surface area contributed by atoms with E-state index in [0.29, 0.717) is 0 Å². The molecule has 2 aromatic rings. The van der Waals surface area contributed by atoms with Crippen LogP contribution in [0.25, 0.3) is 11.4 Å². The Morgan fingerprint density at radius 1 is 1.47 bits per heavy atom. The molecule has 1 aromatic heterocycles. The second kappa shape index (κ2) is 3.45. The average molecular weight is 209 g/mol. The lowest BCUT2D eigenvalue weighted by atomic mass is 10.1. The van der Waals surface area contributed by atoms with Crippen LogP contribution < -0.4 is 0 Å². The predicted octanol–water partition coefficient (Wildman–Crippen LogP) is 1.78. The van der Waals surface area contributed by atoms with Gasteiger partial charge < -0.3 is 4.52 Å². The Labute approximate surface area is 82.5 Å². The third-order valence-corrected chi connectivity index (χ3v) is 1.76. The minimum absolute atomic E-state index is 0.0571. The molecular formula is C8H4FN3O3. The highest BCUT2D eigenvalue weighted by Crippen LogP contribution is 2.27. The zero-order chi connectivity index (χ0) is 10.8. The van der Waals surface area contributed by atoms with E-state index in [1.807, 2.05) is 0 Å². The minimum Gasteiger partial charge on any atom is -0.342 e. The Morgan fingerprint density at radius 3 is 2.87 bits per heavy atom. The number of aromatic nitrogens is 2. The molecule has 1 heterocycles. The van der Waals surface area contributed by atoms with Gasteiger partial charge in [-0.3, -0.25) is 10.1 Å². The molecule has 0 saturated heterocycles. The zero-order valence-corrected chi connectivity index (χ0v) is 7.25. The standard InChI is InChI=1S/C8H4FN3O3/c9-5-1-2-6(7(3-5)12(13)14)8-10-4-15-11-8/h1-4H. The molecule has 0 N–H and O–H groups in total. The van der Waals surface area contributed by atoms with E-state index in [0.717, 1.165) is 18.5 Å². The van der Waals surface area contributed by atoms with Crippen LogP contribution in [0.5, 0.6) is 0 Å². The first-order valence-electron chi connectivity index (χ1n) is 3.89. The van der Waals surface area contributed by atoms with Crippen LogP contribution in [0.3, 0.4) is 0 Å². The van der Waals surface area contributed by atoms with Crippen molar-refractivity contribution in [3.05, 3.63) is 40.5 Å². The van der Waals surface area contributed by atoms with Gasteiger partial charge in [-0.25, -0.2) is 4.39 Å². The van der Waals surface area contributed by atoms with Crippen LogP contribution in [0.2, 0.25) is 0 Å². The summed E-state index contributed by atoms with van der Waals surface area (Å²) in [5.74, 6) is -0.629. The van der Waals surface area contributed by atoms with Crippen LogP contribution in [-0.2, 0) is 0 Å². The Balaban J connectivity index is 2.61. The molecule has 0 saturated carbocycles. The van der Waals surface area contributed by atoms with Gasteiger partial charge in [0, 0.05) is 0 Å². The Hall–Kier alpha value is -2.31. The molecule has 15 heavy (non-hydrogen) atoms. The van der Waals surface area contributed by atoms with E-state index in [9.17, 15) is 14.5 Å². The fourth-order valence-electron chi connectivity index (χ4n) is 1.13. The SMILES string of the molecule is O=[N+]([O-])c1cc(F)ccc1-c1ncon1. The first-order valence-corrected chi connectivity index (χ1v) is 3.89. The van der Waals surface area contributed by atoms with Crippen LogP contribution in [0, 0.1) is 15.9 Å². The Kier molecular flexibility index (Phi) is 2.13. The van der Waals surface area contributed by atoms with Crippen molar-refractivity contribution in [3.8, 4) is 11.4 Å². The van der Waals surface area contributed by atoms with Crippen molar-refractivity contribution in [2.45, 2.75) is 0 Å². The third kappa shape index (κ3) is 1.66. The number of hydrogen-bond donors (Lipinski definition) is 0. The lowest BCUT2D eigenvalue weighted by molar-refractivity contribution is -0.384. The molecule has 0 atom stereocenters. The molecule has 0 fully saturated rings. The van der Waals surface area contributed by atoms with Gasteiger partial charge in [-0.15, -0.1) is 0 Å². The monoisotopic (exact) mass is 209 g/mol. The van der Waals surface area contributed by atoms with E-state index in [1.54, 1.807) is 0 Å². The van der Waals surface area contributed by atoms with Gasteiger partial charge in [-0.2, -0.15) is 4.98 Å². The molecule has 7 heteroatoms. The highest BCUT2D eigenvalue weighted by Gasteiger charge is 2.19. The van der Waals surface area contributed by atoms with Gasteiger partial charge in [0.25, 0.3) is 5.69 Å². The minimum atomic E-state index is -0.700. The van der Waals surface area contributed by atoms with Gasteiger partial charge in [-0.1, -0.05) is 5.16 Å². The van der Waals surface area contributed by atoms with E-state index in [2.05, 4.69) is 14.7 Å². The predicted molar refractivity (Wildman–Crippen MR) is 46.3 cm³/mol. The van der Waals surface area contributed by atoms with Gasteiger partial charge in [0.15, 0.2) is 0 Å². The summed E-state index contributed by atoms with van der Waals surface area (Å²) < 4.78 is 17.2. The molecule has 2 rings (SSSR count). The van der Waals surface area contributed by atoms with Gasteiger partial charge in [0.2, 0.25) is 12.2 Å². The summed E-state index contributed by atoms with van der Waals surface area (Å²) in [6, 6.07) is 3.14. The summed E-state index contributed by atoms with van der Waals surface area (Å²) in [5, 5.41) is 14.1. The van der Waals surface area contributed by atoms with Crippen LogP contribution in [0.4, 0.5) is 10.1 Å². The van der Waals surface area contributed by atoms with Gasteiger partial charge >= 0.3 is 0 Å². The summed E-state index contributed by atoms with van der Waals surface area (Å²) in [4.78, 5) is 13.6. The molecule has 0 amide bonds. The fraction of sp³-hybridized carbons (Fsp3) is 0. The molecule has 1 aromatic carbocycles. The Morgan fingerprint density at radius 2 is 2.27 bits per heavy atom. The summed E-state index contributed by atoms with van der Waals surface area (Å²) in [6.07, 6.45) is 1.04. The number of rotatable bonds is 2. The maximum Gasteiger partial charge on any atom is 0.283 e. The van der Waals surface area contributed by atoms with Crippen molar-refractivity contribution in [2.24, 2.45) is 0 Å². The molecule has 0 aliphatic rings. The number of nitro groups is 1. The summed E-state index contributed by atoms with van der Waals surface area (Å²) in [7, 11) is 0. The van der Waals surface area contributed by atoms with E-state index < -0.39 is 16.4 Å². The zero-order valence-electron chi connectivity index (χ0n) is 7.25. The Bertz CT molecular complexity index is 498. The van der Waals surface area contributed by atoms with Crippen molar-refractivity contribution in [1.82, 2.24) is 10.1 Å². The third-order valence-electron chi connectivity index (χ3n) is 1.76. The number of halogens is 1. The lowest BCUT2D eigenvalue weighted by Gasteiger charge is -1.97. The topological polar surface area (TPSA) is 82.1 Å². The highest BCUT2D eigenvalue weighted by molar-refractivity contribution is 5.67. The van der Waals surface area contributed by atoms with E-state index >= 15 is 0 Å². The molecular weight excluding hydrogens is 205 g/mol. The molecule has 0 aliphatic heterocycles. The van der Waals surface area contributed by atoms with Crippen molar-refractivity contribution in [2.75, 3.05) is 0 Å². The van der Waals surface area contributed by atoms with Crippen LogP contribution in [0.1, 0.15) is 0 Å². The first-order chi connectivity index (χ1) is 7.18. The van der Waals surface area contributed by atoms with Crippen LogP contribution in [-0.4, -0.2) is 15.1 Å². The summed E-state index contributed by atoms with van der Waals surface area (Å²) >= 11 is 0. The van der Waals surface area contributed by atoms with E-state index in [1.165, 1.54) is 6.07 Å². The second-order valence-electron chi connectivity index (χ2n) is 2.67. The van der Waals surface area contributed by atoms with Gasteiger partial charge in [0.1, 0.15) is 11.4 Å². The molecule has 0 unspecified atom stereocenters. The van der Waals surface area contributed by atoms with Gasteiger partial charge in [-0.05, 0) is 12.1 Å². The average Bonchev–Trinajstić information content (AvgIpc) is 2.70. The van der Waals surface area contributed by atoms with Crippen LogP contribution in [0.15, 0.2) is 29.1 Å². The normalized spacial score (nSPS) is 10.2. The van der Waals surface area contributed by atoms with Crippen molar-refractivity contribution >= 4 is 5.69 Å². The first kappa shape index (κ1) is 9.25. The van der Waals surface area contributed by atoms with Gasteiger partial charge in [0.05, 0.1) is 11.0 Å². The molecule has 0 spiro atoms. The van der Waals surface area contributed by atoms with Crippen molar-refractivity contribution in [1.29, 1.82) is 0 Å². The molecule has 6 nitrogen and oxygen atoms in total. The maximum absolute atomic E-state index is 12.8. The van der Waals surface area contributed by atoms with E-state index in [4.69, 9.17) is 0 Å². The quantitative estimate of drug-likeness (QED) is 0.556. The largest absolute Gasteiger partial charge is 0.342 e. The molecule has 0 bridgehead atoms. The number of nitro benzene ring substituents is 1. The second-order valence-corrected chi connectivity index (χ2v) is 2.67. The van der Waals surface area contributed by atoms with Crippen molar-refractivity contribution < 1.29 is 13.8 Å². The van der Waals surface area contributed by atoms with E-state index in [-0.39, 0.29) is 11.4 Å². The smallest absolute Gasteiger partial charge is 0.283 e. The summed E-state index contributed by atoms with van der Waals surface area (Å²) in [5.41, 5.74) is -0.272. The highest BCUT2D eigenvalue weighted by atomic mass is 19.1. The number of nitrogens with zero attached hydrogens (tertiary/aromatic N) is 3. The van der Waals surface area contributed by atoms with Crippen molar-refractivity contribution in [3.63, 3.8) is 0 Å².